The third-order valence-electron chi connectivity index (χ3n) is 4.21. The van der Waals surface area contributed by atoms with Gasteiger partial charge < -0.3 is 14.1 Å². The number of carbonyl (C=O) groups excluding carboxylic acids is 1. The molecule has 0 aliphatic heterocycles. The Balaban J connectivity index is 1.74. The molecule has 1 heterocycles. The highest BCUT2D eigenvalue weighted by atomic mass is 19.3. The Hall–Kier alpha value is -3.16. The van der Waals surface area contributed by atoms with E-state index >= 15 is 0 Å². The zero-order valence-corrected chi connectivity index (χ0v) is 14.8. The largest absolute Gasteiger partial charge is 0.435 e. The lowest BCUT2D eigenvalue weighted by atomic mass is 10.2. The van der Waals surface area contributed by atoms with Crippen LogP contribution < -0.4 is 10.5 Å². The maximum absolute atomic E-state index is 12.8. The lowest BCUT2D eigenvalue weighted by molar-refractivity contribution is -0.133. The summed E-state index contributed by atoms with van der Waals surface area (Å²) in [5.41, 5.74) is 1.70. The first kappa shape index (κ1) is 18.6. The van der Waals surface area contributed by atoms with Crippen molar-refractivity contribution in [1.82, 2.24) is 9.47 Å². The topological polar surface area (TPSA) is 64.7 Å². The second-order valence-electron chi connectivity index (χ2n) is 6.10. The summed E-state index contributed by atoms with van der Waals surface area (Å²) in [4.78, 5) is 26.4. The van der Waals surface area contributed by atoms with Gasteiger partial charge in [-0.25, -0.2) is 4.79 Å². The molecule has 3 aromatic rings. The highest BCUT2D eigenvalue weighted by Gasteiger charge is 2.24. The van der Waals surface area contributed by atoms with E-state index in [1.54, 1.807) is 50.4 Å². The number of likely N-dealkylation sites (N-methyl/N-ethyl adjacent to an activating group) is 1. The van der Waals surface area contributed by atoms with Crippen molar-refractivity contribution < 1.29 is 22.7 Å². The van der Waals surface area contributed by atoms with Gasteiger partial charge in [0, 0.05) is 13.6 Å². The number of halogens is 2. The second-order valence-corrected chi connectivity index (χ2v) is 6.10. The highest BCUT2D eigenvalue weighted by molar-refractivity contribution is 5.82. The van der Waals surface area contributed by atoms with Crippen LogP contribution in [0.1, 0.15) is 18.5 Å². The molecule has 27 heavy (non-hydrogen) atoms. The molecule has 0 aliphatic carbocycles. The van der Waals surface area contributed by atoms with Crippen LogP contribution in [-0.2, 0) is 11.3 Å². The minimum atomic E-state index is -2.89. The summed E-state index contributed by atoms with van der Waals surface area (Å²) < 4.78 is 35.2. The molecule has 0 fully saturated rings. The average Bonchev–Trinajstić information content (AvgIpc) is 2.97. The number of hydrogen-bond donors (Lipinski definition) is 0. The van der Waals surface area contributed by atoms with Gasteiger partial charge in [-0.2, -0.15) is 8.78 Å². The number of fused-ring (bicyclic) bond motifs is 1. The molecule has 0 spiro atoms. The maximum atomic E-state index is 12.8. The van der Waals surface area contributed by atoms with Crippen LogP contribution in [0.3, 0.4) is 0 Å². The van der Waals surface area contributed by atoms with E-state index in [0.29, 0.717) is 11.1 Å². The van der Waals surface area contributed by atoms with Crippen molar-refractivity contribution in [1.29, 1.82) is 0 Å². The Morgan fingerprint density at radius 3 is 2.52 bits per heavy atom. The molecule has 2 aromatic carbocycles. The molecule has 6 nitrogen and oxygen atoms in total. The Morgan fingerprint density at radius 2 is 1.85 bits per heavy atom. The van der Waals surface area contributed by atoms with Crippen molar-refractivity contribution in [3.05, 3.63) is 64.6 Å². The van der Waals surface area contributed by atoms with E-state index in [1.165, 1.54) is 21.6 Å². The summed E-state index contributed by atoms with van der Waals surface area (Å²) in [6.07, 6.45) is 0. The SMILES string of the molecule is CC(C(=O)N(C)Cc1ccc(OC(F)F)cc1)n1c(=O)oc2ccccc21. The summed E-state index contributed by atoms with van der Waals surface area (Å²) in [6, 6.07) is 12.2. The summed E-state index contributed by atoms with van der Waals surface area (Å²) in [6.45, 7) is -1.01. The first-order valence-corrected chi connectivity index (χ1v) is 8.25. The van der Waals surface area contributed by atoms with Crippen LogP contribution in [0.4, 0.5) is 8.78 Å². The van der Waals surface area contributed by atoms with Crippen LogP contribution in [-0.4, -0.2) is 29.0 Å². The van der Waals surface area contributed by atoms with Crippen LogP contribution >= 0.6 is 0 Å². The van der Waals surface area contributed by atoms with E-state index in [2.05, 4.69) is 4.74 Å². The lowest BCUT2D eigenvalue weighted by Gasteiger charge is -2.22. The van der Waals surface area contributed by atoms with E-state index in [4.69, 9.17) is 4.42 Å². The Morgan fingerprint density at radius 1 is 1.19 bits per heavy atom. The summed E-state index contributed by atoms with van der Waals surface area (Å²) in [7, 11) is 1.61. The normalized spacial score (nSPS) is 12.3. The minimum Gasteiger partial charge on any atom is -0.435 e. The van der Waals surface area contributed by atoms with Crippen LogP contribution in [0.15, 0.2) is 57.7 Å². The molecular formula is C19H18F2N2O4. The van der Waals surface area contributed by atoms with Crippen molar-refractivity contribution >= 4 is 17.0 Å². The molecule has 0 N–H and O–H groups in total. The fourth-order valence-electron chi connectivity index (χ4n) is 2.91. The van der Waals surface area contributed by atoms with Gasteiger partial charge in [0.1, 0.15) is 11.8 Å². The molecular weight excluding hydrogens is 358 g/mol. The molecule has 1 amide bonds. The number of para-hydroxylation sites is 2. The van der Waals surface area contributed by atoms with E-state index in [0.717, 1.165) is 5.56 Å². The number of aromatic nitrogens is 1. The zero-order valence-electron chi connectivity index (χ0n) is 14.8. The van der Waals surface area contributed by atoms with Crippen LogP contribution in [0.5, 0.6) is 5.75 Å². The molecule has 0 saturated carbocycles. The minimum absolute atomic E-state index is 0.0486. The van der Waals surface area contributed by atoms with Crippen LogP contribution in [0.2, 0.25) is 0 Å². The molecule has 0 radical (unpaired) electrons. The van der Waals surface area contributed by atoms with Gasteiger partial charge in [-0.05, 0) is 36.8 Å². The van der Waals surface area contributed by atoms with Gasteiger partial charge in [0.05, 0.1) is 5.52 Å². The number of nitrogens with zero attached hydrogens (tertiary/aromatic N) is 2. The number of rotatable bonds is 6. The van der Waals surface area contributed by atoms with E-state index in [-0.39, 0.29) is 18.2 Å². The van der Waals surface area contributed by atoms with Gasteiger partial charge in [0.15, 0.2) is 5.58 Å². The molecule has 1 aromatic heterocycles. The smallest absolute Gasteiger partial charge is 0.420 e. The van der Waals surface area contributed by atoms with Gasteiger partial charge in [0.2, 0.25) is 5.91 Å². The molecule has 1 atom stereocenters. The van der Waals surface area contributed by atoms with E-state index < -0.39 is 18.4 Å². The van der Waals surface area contributed by atoms with Gasteiger partial charge in [-0.1, -0.05) is 24.3 Å². The quantitative estimate of drug-likeness (QED) is 0.661. The van der Waals surface area contributed by atoms with E-state index in [9.17, 15) is 18.4 Å². The van der Waals surface area contributed by atoms with Gasteiger partial charge >= 0.3 is 12.4 Å². The molecule has 0 bridgehead atoms. The first-order valence-electron chi connectivity index (χ1n) is 8.25. The number of carbonyl (C=O) groups is 1. The standard InChI is InChI=1S/C19H18F2N2O4/c1-12(23-15-5-3-4-6-16(15)27-19(23)25)17(24)22(2)11-13-7-9-14(10-8-13)26-18(20)21/h3-10,12,18H,11H2,1-2H3. The van der Waals surface area contributed by atoms with Gasteiger partial charge in [-0.3, -0.25) is 9.36 Å². The molecule has 1 unspecified atom stereocenters. The number of benzene rings is 2. The maximum Gasteiger partial charge on any atom is 0.420 e. The van der Waals surface area contributed by atoms with Crippen molar-refractivity contribution in [3.63, 3.8) is 0 Å². The molecule has 0 aliphatic rings. The highest BCUT2D eigenvalue weighted by Crippen LogP contribution is 2.20. The average molecular weight is 376 g/mol. The number of alkyl halides is 2. The lowest BCUT2D eigenvalue weighted by Crippen LogP contribution is -2.35. The molecule has 0 saturated heterocycles. The number of ether oxygens (including phenoxy) is 1. The number of oxazole rings is 1. The Labute approximate surface area is 153 Å². The molecule has 8 heteroatoms. The Kier molecular flexibility index (Phi) is 5.25. The summed E-state index contributed by atoms with van der Waals surface area (Å²) >= 11 is 0. The van der Waals surface area contributed by atoms with Crippen LogP contribution in [0, 0.1) is 0 Å². The second kappa shape index (κ2) is 7.61. The zero-order chi connectivity index (χ0) is 19.6. The fraction of sp³-hybridized carbons (Fsp3) is 0.263. The van der Waals surface area contributed by atoms with Crippen molar-refractivity contribution in [2.45, 2.75) is 26.1 Å². The Bertz CT molecular complexity index is 995. The van der Waals surface area contributed by atoms with Crippen molar-refractivity contribution in [3.8, 4) is 5.75 Å². The predicted molar refractivity (Wildman–Crippen MR) is 94.7 cm³/mol. The monoisotopic (exact) mass is 376 g/mol. The number of amides is 1. The van der Waals surface area contributed by atoms with Gasteiger partial charge in [0.25, 0.3) is 0 Å². The first-order chi connectivity index (χ1) is 12.9. The summed E-state index contributed by atoms with van der Waals surface area (Å²) in [5.74, 6) is -0.831. The number of hydrogen-bond acceptors (Lipinski definition) is 4. The fourth-order valence-corrected chi connectivity index (χ4v) is 2.91. The molecule has 3 rings (SSSR count). The van der Waals surface area contributed by atoms with Gasteiger partial charge in [-0.15, -0.1) is 0 Å². The van der Waals surface area contributed by atoms with Crippen LogP contribution in [0.25, 0.3) is 11.1 Å². The van der Waals surface area contributed by atoms with Crippen molar-refractivity contribution in [2.24, 2.45) is 0 Å². The summed E-state index contributed by atoms with van der Waals surface area (Å²) in [5, 5.41) is 0. The third kappa shape index (κ3) is 3.99. The van der Waals surface area contributed by atoms with E-state index in [1.807, 2.05) is 0 Å². The predicted octanol–water partition coefficient (Wildman–Crippen LogP) is 3.42. The van der Waals surface area contributed by atoms with Crippen molar-refractivity contribution in [2.75, 3.05) is 7.05 Å². The third-order valence-corrected chi connectivity index (χ3v) is 4.21. The molecule has 142 valence electrons.